The molecule has 0 aromatic heterocycles. The van der Waals surface area contributed by atoms with Crippen LogP contribution in [0.5, 0.6) is 5.75 Å². The Morgan fingerprint density at radius 3 is 2.50 bits per heavy atom. The highest BCUT2D eigenvalue weighted by Gasteiger charge is 2.31. The van der Waals surface area contributed by atoms with E-state index in [0.717, 1.165) is 26.2 Å². The van der Waals surface area contributed by atoms with Gasteiger partial charge in [0.25, 0.3) is 0 Å². The highest BCUT2D eigenvalue weighted by molar-refractivity contribution is 6.27. The van der Waals surface area contributed by atoms with Gasteiger partial charge in [-0.25, -0.2) is 0 Å². The van der Waals surface area contributed by atoms with Gasteiger partial charge < -0.3 is 14.9 Å². The molecule has 1 saturated heterocycles. The summed E-state index contributed by atoms with van der Waals surface area (Å²) >= 11 is 0. The molecule has 0 bridgehead atoms. The van der Waals surface area contributed by atoms with E-state index in [-0.39, 0.29) is 34.4 Å². The topological polar surface area (TPSA) is 77.9 Å². The van der Waals surface area contributed by atoms with Crippen molar-refractivity contribution in [2.24, 2.45) is 0 Å². The first-order valence-corrected chi connectivity index (χ1v) is 8.97. The van der Waals surface area contributed by atoms with Crippen molar-refractivity contribution in [2.75, 3.05) is 33.2 Å². The predicted molar refractivity (Wildman–Crippen MR) is 97.4 cm³/mol. The average Bonchev–Trinajstić information content (AvgIpc) is 2.63. The molecule has 1 aliphatic carbocycles. The van der Waals surface area contributed by atoms with Crippen LogP contribution in [0.3, 0.4) is 0 Å². The van der Waals surface area contributed by atoms with E-state index in [1.165, 1.54) is 6.07 Å². The second kappa shape index (κ2) is 7.41. The fourth-order valence-corrected chi connectivity index (χ4v) is 3.56. The zero-order chi connectivity index (χ0) is 18.8. The van der Waals surface area contributed by atoms with Gasteiger partial charge in [-0.3, -0.25) is 14.4 Å². The molecule has 0 unspecified atom stereocenters. The summed E-state index contributed by atoms with van der Waals surface area (Å²) < 4.78 is 0. The molecule has 0 atom stereocenters. The summed E-state index contributed by atoms with van der Waals surface area (Å²) in [7, 11) is 2.04. The number of piperazine rings is 1. The fraction of sp³-hybridized carbons (Fsp3) is 0.450. The summed E-state index contributed by atoms with van der Waals surface area (Å²) in [4.78, 5) is 41.6. The summed E-state index contributed by atoms with van der Waals surface area (Å²) in [6, 6.07) is 4.54. The first-order chi connectivity index (χ1) is 12.4. The molecule has 0 radical (unpaired) electrons. The van der Waals surface area contributed by atoms with Gasteiger partial charge in [-0.05, 0) is 32.9 Å². The van der Waals surface area contributed by atoms with Crippen LogP contribution >= 0.6 is 0 Å². The monoisotopic (exact) mass is 356 g/mol. The van der Waals surface area contributed by atoms with Crippen molar-refractivity contribution in [3.8, 4) is 5.75 Å². The summed E-state index contributed by atoms with van der Waals surface area (Å²) in [6.07, 6.45) is 1.24. The largest absolute Gasteiger partial charge is 0.507 e. The average molecular weight is 356 g/mol. The van der Waals surface area contributed by atoms with Crippen LogP contribution in [0.25, 0.3) is 0 Å². The Hall–Kier alpha value is -2.47. The van der Waals surface area contributed by atoms with Crippen LogP contribution in [0.2, 0.25) is 0 Å². The van der Waals surface area contributed by atoms with Gasteiger partial charge in [-0.2, -0.15) is 0 Å². The Morgan fingerprint density at radius 1 is 1.12 bits per heavy atom. The van der Waals surface area contributed by atoms with E-state index >= 15 is 0 Å². The molecule has 1 aliphatic heterocycles. The Kier molecular flexibility index (Phi) is 5.23. The van der Waals surface area contributed by atoms with Crippen molar-refractivity contribution >= 4 is 17.5 Å². The maximum Gasteiger partial charge on any atom is 0.222 e. The summed E-state index contributed by atoms with van der Waals surface area (Å²) in [5, 5.41) is 9.99. The van der Waals surface area contributed by atoms with Gasteiger partial charge in [0.2, 0.25) is 5.91 Å². The van der Waals surface area contributed by atoms with Crippen LogP contribution in [0.4, 0.5) is 0 Å². The lowest BCUT2D eigenvalue weighted by Crippen LogP contribution is -2.47. The lowest BCUT2D eigenvalue weighted by molar-refractivity contribution is -0.132. The molecule has 6 nitrogen and oxygen atoms in total. The Labute approximate surface area is 153 Å². The van der Waals surface area contributed by atoms with Gasteiger partial charge >= 0.3 is 0 Å². The van der Waals surface area contributed by atoms with Crippen molar-refractivity contribution in [1.29, 1.82) is 0 Å². The number of fused-ring (bicyclic) bond motifs is 1. The molecule has 3 rings (SSSR count). The first kappa shape index (κ1) is 18.3. The van der Waals surface area contributed by atoms with Crippen molar-refractivity contribution in [3.05, 3.63) is 40.5 Å². The van der Waals surface area contributed by atoms with E-state index in [0.29, 0.717) is 30.4 Å². The summed E-state index contributed by atoms with van der Waals surface area (Å²) in [5.41, 5.74) is 1.17. The minimum absolute atomic E-state index is 0.0866. The van der Waals surface area contributed by atoms with Crippen molar-refractivity contribution in [1.82, 2.24) is 9.80 Å². The molecular formula is C20H24N2O4. The third-order valence-electron chi connectivity index (χ3n) is 5.25. The van der Waals surface area contributed by atoms with E-state index in [1.807, 2.05) is 11.9 Å². The molecular weight excluding hydrogens is 332 g/mol. The minimum atomic E-state index is -0.303. The predicted octanol–water partition coefficient (Wildman–Crippen LogP) is 2.03. The minimum Gasteiger partial charge on any atom is -0.507 e. The molecule has 1 amide bonds. The molecule has 0 spiro atoms. The first-order valence-electron chi connectivity index (χ1n) is 8.97. The second-order valence-electron chi connectivity index (χ2n) is 7.00. The standard InChI is InChI=1S/C20H24N2O4/c1-13-14(5-4-8-17(24)22-11-9-21(2)10-12-22)20(26)18-15(19(13)25)6-3-7-16(18)23/h3,6-7,23H,4-5,8-12H2,1-2H3. The van der Waals surface area contributed by atoms with Crippen LogP contribution in [0.15, 0.2) is 29.3 Å². The van der Waals surface area contributed by atoms with Crippen LogP contribution in [-0.4, -0.2) is 65.6 Å². The Morgan fingerprint density at radius 2 is 1.81 bits per heavy atom. The van der Waals surface area contributed by atoms with E-state index in [9.17, 15) is 19.5 Å². The number of ketones is 2. The van der Waals surface area contributed by atoms with Gasteiger partial charge in [0, 0.05) is 49.3 Å². The van der Waals surface area contributed by atoms with E-state index in [4.69, 9.17) is 0 Å². The number of amides is 1. The van der Waals surface area contributed by atoms with Gasteiger partial charge in [-0.1, -0.05) is 12.1 Å². The molecule has 1 heterocycles. The molecule has 1 N–H and O–H groups in total. The van der Waals surface area contributed by atoms with Crippen LogP contribution in [0, 0.1) is 0 Å². The van der Waals surface area contributed by atoms with E-state index < -0.39 is 0 Å². The zero-order valence-corrected chi connectivity index (χ0v) is 15.2. The third-order valence-corrected chi connectivity index (χ3v) is 5.25. The summed E-state index contributed by atoms with van der Waals surface area (Å²) in [5.74, 6) is -0.605. The normalized spacial score (nSPS) is 18.3. The molecule has 2 aliphatic rings. The number of likely N-dealkylation sites (N-methyl/N-ethyl adjacent to an activating group) is 1. The highest BCUT2D eigenvalue weighted by Crippen LogP contribution is 2.33. The number of phenols is 1. The molecule has 26 heavy (non-hydrogen) atoms. The van der Waals surface area contributed by atoms with Crippen molar-refractivity contribution < 1.29 is 19.5 Å². The maximum absolute atomic E-state index is 12.7. The maximum atomic E-state index is 12.7. The number of phenolic OH excluding ortho intramolecular Hbond substituents is 1. The van der Waals surface area contributed by atoms with E-state index in [1.54, 1.807) is 19.1 Å². The third kappa shape index (κ3) is 3.42. The number of hydrogen-bond acceptors (Lipinski definition) is 5. The number of allylic oxidation sites excluding steroid dienone is 2. The lowest BCUT2D eigenvalue weighted by atomic mass is 9.82. The van der Waals surface area contributed by atoms with Crippen molar-refractivity contribution in [3.63, 3.8) is 0 Å². The number of benzene rings is 1. The van der Waals surface area contributed by atoms with Gasteiger partial charge in [0.05, 0.1) is 5.56 Å². The number of Topliss-reactive ketones (excluding diaryl/α,β-unsaturated/α-hetero) is 2. The number of hydrogen-bond donors (Lipinski definition) is 1. The molecule has 138 valence electrons. The SMILES string of the molecule is CC1=C(CCCC(=O)N2CCN(C)CC2)C(=O)c2c(O)cccc2C1=O. The Balaban J connectivity index is 1.65. The molecule has 6 heteroatoms. The number of carbonyl (C=O) groups is 3. The van der Waals surface area contributed by atoms with Crippen LogP contribution in [0.1, 0.15) is 46.9 Å². The second-order valence-corrected chi connectivity index (χ2v) is 7.00. The number of nitrogens with zero attached hydrogens (tertiary/aromatic N) is 2. The quantitative estimate of drug-likeness (QED) is 0.893. The molecule has 1 aromatic rings. The highest BCUT2D eigenvalue weighted by atomic mass is 16.3. The molecule has 0 saturated carbocycles. The van der Waals surface area contributed by atoms with Gasteiger partial charge in [0.15, 0.2) is 11.6 Å². The lowest BCUT2D eigenvalue weighted by Gasteiger charge is -2.32. The van der Waals surface area contributed by atoms with Gasteiger partial charge in [-0.15, -0.1) is 0 Å². The number of rotatable bonds is 4. The number of carbonyl (C=O) groups excluding carboxylic acids is 3. The molecule has 1 aromatic carbocycles. The summed E-state index contributed by atoms with van der Waals surface area (Å²) in [6.45, 7) is 4.86. The van der Waals surface area contributed by atoms with Gasteiger partial charge in [0.1, 0.15) is 5.75 Å². The van der Waals surface area contributed by atoms with Crippen LogP contribution in [-0.2, 0) is 4.79 Å². The van der Waals surface area contributed by atoms with E-state index in [2.05, 4.69) is 4.90 Å². The Bertz CT molecular complexity index is 789. The zero-order valence-electron chi connectivity index (χ0n) is 15.2. The van der Waals surface area contributed by atoms with Crippen molar-refractivity contribution in [2.45, 2.75) is 26.2 Å². The number of aromatic hydroxyl groups is 1. The van der Waals surface area contributed by atoms with Crippen LogP contribution < -0.4 is 0 Å². The molecule has 1 fully saturated rings. The fourth-order valence-electron chi connectivity index (χ4n) is 3.56. The smallest absolute Gasteiger partial charge is 0.222 e.